The van der Waals surface area contributed by atoms with Crippen LogP contribution in [0.3, 0.4) is 0 Å². The van der Waals surface area contributed by atoms with Crippen LogP contribution in [0, 0.1) is 40.4 Å². The first-order valence-corrected chi connectivity index (χ1v) is 17.2. The van der Waals surface area contributed by atoms with Gasteiger partial charge in [-0.2, -0.15) is 0 Å². The maximum Gasteiger partial charge on any atom is 0.119 e. The topological polar surface area (TPSA) is 17.1 Å². The minimum absolute atomic E-state index is 0.491. The lowest BCUT2D eigenvalue weighted by Gasteiger charge is -2.58. The molecule has 0 aromatic heterocycles. The average Bonchev–Trinajstić information content (AvgIpc) is 3.15. The van der Waals surface area contributed by atoms with Gasteiger partial charge in [0.1, 0.15) is 6.29 Å². The summed E-state index contributed by atoms with van der Waals surface area (Å²) >= 11 is 0. The highest BCUT2D eigenvalue weighted by atomic mass is 33.1. The number of fused-ring (bicyclic) bond motifs is 5. The first-order valence-electron chi connectivity index (χ1n) is 14.8. The molecule has 34 heavy (non-hydrogen) atoms. The van der Waals surface area contributed by atoms with Gasteiger partial charge in [-0.05, 0) is 111 Å². The van der Waals surface area contributed by atoms with Gasteiger partial charge in [0.25, 0.3) is 0 Å². The molecule has 0 aromatic rings. The van der Waals surface area contributed by atoms with Crippen LogP contribution in [-0.4, -0.2) is 17.3 Å². The van der Waals surface area contributed by atoms with Crippen LogP contribution in [-0.2, 0) is 4.79 Å². The highest BCUT2D eigenvalue weighted by Gasteiger charge is 2.58. The van der Waals surface area contributed by atoms with Gasteiger partial charge in [0, 0.05) is 17.4 Å². The van der Waals surface area contributed by atoms with Crippen LogP contribution in [0.4, 0.5) is 0 Å². The molecule has 0 spiro atoms. The molecule has 0 heterocycles. The Morgan fingerprint density at radius 1 is 1.03 bits per heavy atom. The molecule has 3 fully saturated rings. The molecule has 0 bridgehead atoms. The van der Waals surface area contributed by atoms with Gasteiger partial charge in [0.05, 0.1) is 0 Å². The molecular formula is C31H52OS2. The van der Waals surface area contributed by atoms with Crippen LogP contribution in [0.2, 0.25) is 0 Å². The van der Waals surface area contributed by atoms with E-state index in [1.54, 1.807) is 0 Å². The van der Waals surface area contributed by atoms with Crippen molar-refractivity contribution in [3.63, 3.8) is 0 Å². The molecule has 0 aromatic carbocycles. The van der Waals surface area contributed by atoms with Crippen molar-refractivity contribution in [1.82, 2.24) is 0 Å². The van der Waals surface area contributed by atoms with Crippen LogP contribution >= 0.6 is 21.6 Å². The lowest BCUT2D eigenvalue weighted by Crippen LogP contribution is -2.50. The van der Waals surface area contributed by atoms with Gasteiger partial charge in [-0.1, -0.05) is 80.2 Å². The van der Waals surface area contributed by atoms with Crippen LogP contribution in [0.1, 0.15) is 124 Å². The summed E-state index contributed by atoms with van der Waals surface area (Å²) in [7, 11) is 4.22. The quantitative estimate of drug-likeness (QED) is 0.114. The molecule has 0 aliphatic heterocycles. The molecule has 4 rings (SSSR count). The predicted molar refractivity (Wildman–Crippen MR) is 152 cm³/mol. The van der Waals surface area contributed by atoms with Crippen LogP contribution in [0.5, 0.6) is 0 Å². The molecule has 0 radical (unpaired) electrons. The molecule has 194 valence electrons. The van der Waals surface area contributed by atoms with Gasteiger partial charge in [-0.25, -0.2) is 0 Å². The van der Waals surface area contributed by atoms with Crippen molar-refractivity contribution >= 4 is 27.9 Å². The van der Waals surface area contributed by atoms with Gasteiger partial charge in [0.2, 0.25) is 0 Å². The Kier molecular flexibility index (Phi) is 9.67. The van der Waals surface area contributed by atoms with E-state index < -0.39 is 0 Å². The molecule has 3 saturated carbocycles. The van der Waals surface area contributed by atoms with Crippen molar-refractivity contribution in [3.05, 3.63) is 11.6 Å². The molecule has 0 N–H and O–H groups in total. The minimum Gasteiger partial charge on any atom is -0.303 e. The molecule has 6 unspecified atom stereocenters. The first-order chi connectivity index (χ1) is 16.4. The van der Waals surface area contributed by atoms with E-state index in [-0.39, 0.29) is 0 Å². The van der Waals surface area contributed by atoms with E-state index in [0.29, 0.717) is 10.8 Å². The highest BCUT2D eigenvalue weighted by Crippen LogP contribution is 2.67. The summed E-state index contributed by atoms with van der Waals surface area (Å²) in [6.07, 6.45) is 24.2. The van der Waals surface area contributed by atoms with Crippen molar-refractivity contribution in [2.24, 2.45) is 40.4 Å². The molecule has 7 atom stereocenters. The third-order valence-electron chi connectivity index (χ3n) is 10.8. The summed E-state index contributed by atoms with van der Waals surface area (Å²) in [4.78, 5) is 10.5. The zero-order valence-corrected chi connectivity index (χ0v) is 24.3. The highest BCUT2D eigenvalue weighted by molar-refractivity contribution is 8.76. The summed E-state index contributed by atoms with van der Waals surface area (Å²) in [6.45, 7) is 10.1. The third kappa shape index (κ3) is 5.81. The minimum atomic E-state index is 0.491. The van der Waals surface area contributed by atoms with Crippen molar-refractivity contribution in [2.45, 2.75) is 129 Å². The maximum atomic E-state index is 10.5. The molecule has 0 amide bonds. The Labute approximate surface area is 219 Å². The number of carbonyl (C=O) groups is 1. The fourth-order valence-electron chi connectivity index (χ4n) is 8.77. The normalized spacial score (nSPS) is 39.3. The van der Waals surface area contributed by atoms with E-state index in [4.69, 9.17) is 0 Å². The Morgan fingerprint density at radius 2 is 1.88 bits per heavy atom. The fourth-order valence-corrected chi connectivity index (χ4v) is 11.6. The van der Waals surface area contributed by atoms with Crippen molar-refractivity contribution in [2.75, 3.05) is 5.75 Å². The molecular weight excluding hydrogens is 452 g/mol. The Morgan fingerprint density at radius 3 is 2.68 bits per heavy atom. The number of hydrogen-bond donors (Lipinski definition) is 0. The number of unbranched alkanes of at least 4 members (excludes halogenated alkanes) is 3. The van der Waals surface area contributed by atoms with Crippen LogP contribution in [0.15, 0.2) is 11.6 Å². The molecule has 3 heteroatoms. The van der Waals surface area contributed by atoms with Crippen molar-refractivity contribution in [3.8, 4) is 0 Å². The summed E-state index contributed by atoms with van der Waals surface area (Å²) < 4.78 is 0. The summed E-state index contributed by atoms with van der Waals surface area (Å²) in [5.74, 6) is 5.97. The third-order valence-corrected chi connectivity index (χ3v) is 13.8. The zero-order chi connectivity index (χ0) is 24.2. The molecule has 0 saturated heterocycles. The average molecular weight is 505 g/mol. The number of allylic oxidation sites excluding steroid dienone is 2. The summed E-state index contributed by atoms with van der Waals surface area (Å²) in [5.41, 5.74) is 2.96. The Bertz CT molecular complexity index is 702. The summed E-state index contributed by atoms with van der Waals surface area (Å²) in [5, 5.41) is 0.808. The lowest BCUT2D eigenvalue weighted by molar-refractivity contribution is -0.107. The second-order valence-electron chi connectivity index (χ2n) is 13.2. The summed E-state index contributed by atoms with van der Waals surface area (Å²) in [6, 6.07) is 0. The predicted octanol–water partition coefficient (Wildman–Crippen LogP) is 9.90. The number of hydrogen-bond acceptors (Lipinski definition) is 3. The van der Waals surface area contributed by atoms with E-state index in [1.165, 1.54) is 89.2 Å². The SMILES string of the molecule is CC(C)CCCCC1CCC2C3CC=C4CC(SSCCCCC=O)CC[C@]4(C)C3CCC12C. The van der Waals surface area contributed by atoms with E-state index in [9.17, 15) is 4.79 Å². The van der Waals surface area contributed by atoms with Gasteiger partial charge >= 0.3 is 0 Å². The first kappa shape index (κ1) is 27.2. The standard InChI is InChI=1S/C31H52OS2/c1-23(2)10-6-7-11-24-13-15-28-27-14-12-25-22-26(34-33-21-9-5-8-20-32)16-18-31(25,4)29(27)17-19-30(24,28)3/h12,20,23-24,26-29H,5-11,13-19,21-22H2,1-4H3/t24?,26?,27?,28?,29?,30?,31-/m0/s1. The van der Waals surface area contributed by atoms with E-state index in [0.717, 1.165) is 54.0 Å². The largest absolute Gasteiger partial charge is 0.303 e. The maximum absolute atomic E-state index is 10.5. The second kappa shape index (κ2) is 12.1. The number of rotatable bonds is 12. The Balaban J connectivity index is 1.32. The second-order valence-corrected chi connectivity index (χ2v) is 16.0. The monoisotopic (exact) mass is 504 g/mol. The van der Waals surface area contributed by atoms with Crippen molar-refractivity contribution in [1.29, 1.82) is 0 Å². The van der Waals surface area contributed by atoms with E-state index in [1.807, 2.05) is 5.57 Å². The Hall–Kier alpha value is 0.110. The van der Waals surface area contributed by atoms with E-state index >= 15 is 0 Å². The number of carbonyl (C=O) groups excluding carboxylic acids is 1. The van der Waals surface area contributed by atoms with Crippen LogP contribution < -0.4 is 0 Å². The van der Waals surface area contributed by atoms with Gasteiger partial charge in [-0.3, -0.25) is 0 Å². The lowest BCUT2D eigenvalue weighted by atomic mass is 9.47. The molecule has 4 aliphatic carbocycles. The van der Waals surface area contributed by atoms with Gasteiger partial charge in [-0.15, -0.1) is 0 Å². The van der Waals surface area contributed by atoms with Crippen LogP contribution in [0.25, 0.3) is 0 Å². The van der Waals surface area contributed by atoms with Crippen molar-refractivity contribution < 1.29 is 4.79 Å². The molecule has 1 nitrogen and oxygen atoms in total. The smallest absolute Gasteiger partial charge is 0.119 e. The van der Waals surface area contributed by atoms with Gasteiger partial charge in [0.15, 0.2) is 0 Å². The number of aldehydes is 1. The fraction of sp³-hybridized carbons (Fsp3) is 0.903. The zero-order valence-electron chi connectivity index (χ0n) is 22.7. The van der Waals surface area contributed by atoms with Gasteiger partial charge < -0.3 is 4.79 Å². The van der Waals surface area contributed by atoms with E-state index in [2.05, 4.69) is 55.4 Å². The molecule has 4 aliphatic rings.